The Hall–Kier alpha value is -1.99. The first-order valence-electron chi connectivity index (χ1n) is 10.6. The van der Waals surface area contributed by atoms with E-state index in [4.69, 9.17) is 29.5 Å². The Morgan fingerprint density at radius 2 is 1.23 bits per heavy atom. The Labute approximate surface area is 200 Å². The van der Waals surface area contributed by atoms with E-state index in [-0.39, 0.29) is 0 Å². The highest BCUT2D eigenvalue weighted by atomic mass is 16.6. The van der Waals surface area contributed by atoms with Crippen LogP contribution in [0.4, 0.5) is 0 Å². The van der Waals surface area contributed by atoms with Crippen molar-refractivity contribution < 1.29 is 69.4 Å². The maximum Gasteiger partial charge on any atom is 0.332 e. The number of aliphatic hydroxyl groups is 7. The van der Waals surface area contributed by atoms with Crippen molar-refractivity contribution in [3.8, 4) is 0 Å². The molecule has 0 bridgehead atoms. The van der Waals surface area contributed by atoms with Crippen molar-refractivity contribution in [2.24, 2.45) is 0 Å². The summed E-state index contributed by atoms with van der Waals surface area (Å²) in [7, 11) is 0. The first-order valence-corrected chi connectivity index (χ1v) is 10.6. The smallest absolute Gasteiger partial charge is 0.332 e. The largest absolute Gasteiger partial charge is 0.479 e. The molecule has 0 spiro atoms. The van der Waals surface area contributed by atoms with Gasteiger partial charge in [-0.05, 0) is 6.92 Å². The second kappa shape index (κ2) is 13.9. The lowest BCUT2D eigenvalue weighted by atomic mass is 9.96. The third-order valence-electron chi connectivity index (χ3n) is 5.22. The molecule has 2 aliphatic heterocycles. The molecule has 3 unspecified atom stereocenters. The summed E-state index contributed by atoms with van der Waals surface area (Å²) in [6.45, 7) is 2.53. The molecule has 0 aromatic rings. The Balaban J connectivity index is 0.000000365. The van der Waals surface area contributed by atoms with Gasteiger partial charge < -0.3 is 65.7 Å². The molecule has 0 aromatic carbocycles. The fourth-order valence-electron chi connectivity index (χ4n) is 3.42. The molecular formula is C19H34N2O14. The maximum atomic E-state index is 11.1. The van der Waals surface area contributed by atoms with E-state index in [9.17, 15) is 39.9 Å². The lowest BCUT2D eigenvalue weighted by molar-refractivity contribution is -0.267. The number of amides is 2. The molecule has 0 saturated carbocycles. The maximum absolute atomic E-state index is 11.1. The second-order valence-corrected chi connectivity index (χ2v) is 8.00. The first kappa shape index (κ1) is 31.0. The Bertz CT molecular complexity index is 711. The molecule has 10 N–H and O–H groups in total. The molecule has 0 radical (unpaired) electrons. The predicted molar refractivity (Wildman–Crippen MR) is 111 cm³/mol. The summed E-state index contributed by atoms with van der Waals surface area (Å²) in [5.41, 5.74) is 0. The normalized spacial score (nSPS) is 37.9. The molecular weight excluding hydrogens is 480 g/mol. The Kier molecular flexibility index (Phi) is 12.4. The minimum absolute atomic E-state index is 0.462. The number of hydrogen-bond donors (Lipinski definition) is 10. The van der Waals surface area contributed by atoms with Crippen molar-refractivity contribution in [3.63, 3.8) is 0 Å². The Morgan fingerprint density at radius 1 is 0.800 bits per heavy atom. The van der Waals surface area contributed by atoms with Crippen LogP contribution in [0.25, 0.3) is 0 Å². The van der Waals surface area contributed by atoms with Crippen LogP contribution < -0.4 is 10.6 Å². The fraction of sp³-hybridized carbons (Fsp3) is 0.842. The van der Waals surface area contributed by atoms with Crippen LogP contribution in [0.5, 0.6) is 0 Å². The van der Waals surface area contributed by atoms with E-state index >= 15 is 0 Å². The lowest BCUT2D eigenvalue weighted by Crippen LogP contribution is -2.65. The lowest BCUT2D eigenvalue weighted by Gasteiger charge is -2.42. The molecule has 11 atom stereocenters. The number of aliphatic carboxylic acids is 1. The molecule has 204 valence electrons. The summed E-state index contributed by atoms with van der Waals surface area (Å²) in [4.78, 5) is 32.6. The number of carboxylic acid groups (broad SMARTS) is 1. The van der Waals surface area contributed by atoms with Crippen molar-refractivity contribution in [2.45, 2.75) is 88.2 Å². The molecule has 2 fully saturated rings. The van der Waals surface area contributed by atoms with Crippen molar-refractivity contribution in [2.75, 3.05) is 13.2 Å². The van der Waals surface area contributed by atoms with Gasteiger partial charge in [0.15, 0.2) is 18.7 Å². The molecule has 2 rings (SSSR count). The number of hydrogen-bond acceptors (Lipinski definition) is 13. The van der Waals surface area contributed by atoms with Gasteiger partial charge in [-0.2, -0.15) is 0 Å². The van der Waals surface area contributed by atoms with E-state index in [1.54, 1.807) is 0 Å². The van der Waals surface area contributed by atoms with Crippen molar-refractivity contribution in [3.05, 3.63) is 0 Å². The van der Waals surface area contributed by atoms with Crippen LogP contribution in [0, 0.1) is 0 Å². The van der Waals surface area contributed by atoms with Gasteiger partial charge in [0.2, 0.25) is 11.8 Å². The number of rotatable bonds is 7. The summed E-state index contributed by atoms with van der Waals surface area (Å²) < 4.78 is 14.9. The van der Waals surface area contributed by atoms with Crippen LogP contribution in [0.15, 0.2) is 0 Å². The zero-order valence-corrected chi connectivity index (χ0v) is 19.3. The fourth-order valence-corrected chi connectivity index (χ4v) is 3.42. The zero-order chi connectivity index (χ0) is 27.0. The van der Waals surface area contributed by atoms with Gasteiger partial charge in [-0.3, -0.25) is 9.59 Å². The van der Waals surface area contributed by atoms with Crippen LogP contribution in [0.2, 0.25) is 0 Å². The summed E-state index contributed by atoms with van der Waals surface area (Å²) in [6.07, 6.45) is -11.8. The predicted octanol–water partition coefficient (Wildman–Crippen LogP) is -5.66. The summed E-state index contributed by atoms with van der Waals surface area (Å²) in [6, 6.07) is -2.24. The van der Waals surface area contributed by atoms with E-state index in [0.717, 1.165) is 0 Å². The standard InChI is InChI=1S/C11H19NO8.C8H15NO6/c1-4(10(16)17)19-9-7(12-5(2)14)11(18)20-6(3-13)8(9)15;1-3(11)9-5-7(13)6(12)4(2-10)15-8(5)14/h4,6-9,11,13,15,18H,3H2,1-2H3,(H,12,14)(H,16,17);4-8,10,12-14H,2H2,1H3,(H,9,11)/t4?,6-,7-,8-,9-,11?;4-,5-,6-,7-,8?/m11/s1. The monoisotopic (exact) mass is 514 g/mol. The highest BCUT2D eigenvalue weighted by Crippen LogP contribution is 2.24. The minimum atomic E-state index is -1.54. The van der Waals surface area contributed by atoms with Crippen molar-refractivity contribution in [1.29, 1.82) is 0 Å². The van der Waals surface area contributed by atoms with E-state index < -0.39 is 98.4 Å². The Morgan fingerprint density at radius 3 is 1.66 bits per heavy atom. The van der Waals surface area contributed by atoms with Crippen molar-refractivity contribution in [1.82, 2.24) is 10.6 Å². The molecule has 2 amide bonds. The third kappa shape index (κ3) is 8.57. The van der Waals surface area contributed by atoms with Gasteiger partial charge in [0.25, 0.3) is 0 Å². The molecule has 2 heterocycles. The highest BCUT2D eigenvalue weighted by molar-refractivity contribution is 5.74. The van der Waals surface area contributed by atoms with Gasteiger partial charge in [0.05, 0.1) is 13.2 Å². The minimum Gasteiger partial charge on any atom is -0.479 e. The molecule has 35 heavy (non-hydrogen) atoms. The molecule has 0 aliphatic carbocycles. The average Bonchev–Trinajstić information content (AvgIpc) is 2.78. The van der Waals surface area contributed by atoms with Gasteiger partial charge in [-0.1, -0.05) is 0 Å². The number of carboxylic acids is 1. The van der Waals surface area contributed by atoms with Gasteiger partial charge in [0.1, 0.15) is 48.7 Å². The van der Waals surface area contributed by atoms with Gasteiger partial charge in [-0.25, -0.2) is 4.79 Å². The molecule has 16 nitrogen and oxygen atoms in total. The highest BCUT2D eigenvalue weighted by Gasteiger charge is 2.47. The number of carbonyl (C=O) groups excluding carboxylic acids is 2. The first-order chi connectivity index (χ1) is 16.2. The van der Waals surface area contributed by atoms with Crippen LogP contribution in [-0.4, -0.2) is 139 Å². The number of aliphatic hydroxyl groups excluding tert-OH is 7. The zero-order valence-electron chi connectivity index (χ0n) is 19.3. The van der Waals surface area contributed by atoms with Crippen LogP contribution in [-0.2, 0) is 28.6 Å². The summed E-state index contributed by atoms with van der Waals surface area (Å²) in [5, 5.41) is 79.4. The van der Waals surface area contributed by atoms with E-state index in [1.165, 1.54) is 20.8 Å². The molecule has 0 aromatic heterocycles. The quantitative estimate of drug-likeness (QED) is 0.152. The average molecular weight is 514 g/mol. The summed E-state index contributed by atoms with van der Waals surface area (Å²) >= 11 is 0. The number of nitrogens with one attached hydrogen (secondary N) is 2. The number of ether oxygens (including phenoxy) is 3. The van der Waals surface area contributed by atoms with Gasteiger partial charge >= 0.3 is 5.97 Å². The molecule has 16 heteroatoms. The topological polar surface area (TPSA) is 265 Å². The number of carbonyl (C=O) groups is 3. The van der Waals surface area contributed by atoms with E-state index in [1.807, 2.05) is 0 Å². The van der Waals surface area contributed by atoms with E-state index in [0.29, 0.717) is 0 Å². The van der Waals surface area contributed by atoms with E-state index in [2.05, 4.69) is 10.6 Å². The summed E-state index contributed by atoms with van der Waals surface area (Å²) in [5.74, 6) is -2.24. The van der Waals surface area contributed by atoms with Gasteiger partial charge in [0, 0.05) is 13.8 Å². The van der Waals surface area contributed by atoms with Crippen LogP contribution >= 0.6 is 0 Å². The second-order valence-electron chi connectivity index (χ2n) is 8.00. The molecule has 2 aliphatic rings. The van der Waals surface area contributed by atoms with Crippen LogP contribution in [0.1, 0.15) is 20.8 Å². The molecule has 2 saturated heterocycles. The SMILES string of the molecule is CC(=O)N[C@H]1C(O)O[C@H](CO)[C@@H](O)[C@@H]1O.CC(=O)N[C@H]1C(O)O[C@H](CO)[C@@H](O)[C@@H]1OC(C)C(=O)O. The van der Waals surface area contributed by atoms with Gasteiger partial charge in [-0.15, -0.1) is 0 Å². The van der Waals surface area contributed by atoms with Crippen LogP contribution in [0.3, 0.4) is 0 Å². The third-order valence-corrected chi connectivity index (χ3v) is 5.22. The van der Waals surface area contributed by atoms with Crippen molar-refractivity contribution >= 4 is 17.8 Å².